The van der Waals surface area contributed by atoms with Gasteiger partial charge < -0.3 is 4.74 Å². The predicted octanol–water partition coefficient (Wildman–Crippen LogP) is 4.65. The minimum Gasteiger partial charge on any atom is -0.465 e. The van der Waals surface area contributed by atoms with Crippen LogP contribution in [0.15, 0.2) is 88.2 Å². The van der Waals surface area contributed by atoms with Crippen molar-refractivity contribution in [1.29, 1.82) is 0 Å². The molecule has 1 atom stereocenters. The normalized spacial score (nSPS) is 12.6. The smallest absolute Gasteiger partial charge is 0.337 e. The van der Waals surface area contributed by atoms with E-state index in [1.807, 2.05) is 54.6 Å². The predicted molar refractivity (Wildman–Crippen MR) is 115 cm³/mol. The van der Waals surface area contributed by atoms with Crippen molar-refractivity contribution in [2.75, 3.05) is 14.2 Å². The first kappa shape index (κ1) is 21.2. The zero-order valence-corrected chi connectivity index (χ0v) is 18.4. The van der Waals surface area contributed by atoms with Crippen LogP contribution in [0.4, 0.5) is 0 Å². The highest BCUT2D eigenvalue weighted by atomic mass is 79.9. The summed E-state index contributed by atoms with van der Waals surface area (Å²) in [7, 11) is -1.11. The lowest BCUT2D eigenvalue weighted by atomic mass is 9.99. The van der Waals surface area contributed by atoms with E-state index in [0.29, 0.717) is 0 Å². The highest BCUT2D eigenvalue weighted by Gasteiger charge is 2.31. The fraction of sp³-hybridized carbons (Fsp3) is 0.136. The van der Waals surface area contributed by atoms with Crippen molar-refractivity contribution >= 4 is 31.9 Å². The van der Waals surface area contributed by atoms with Crippen molar-refractivity contribution in [3.05, 3.63) is 100 Å². The third-order valence-corrected chi connectivity index (χ3v) is 7.15. The van der Waals surface area contributed by atoms with Crippen LogP contribution >= 0.6 is 15.9 Å². The quantitative estimate of drug-likeness (QED) is 0.488. The molecule has 150 valence electrons. The Morgan fingerprint density at radius 3 is 2.28 bits per heavy atom. The molecule has 0 amide bonds. The number of sulfonamides is 1. The molecule has 0 radical (unpaired) electrons. The first-order valence-corrected chi connectivity index (χ1v) is 11.1. The molecule has 0 fully saturated rings. The van der Waals surface area contributed by atoms with Gasteiger partial charge in [-0.15, -0.1) is 0 Å². The summed E-state index contributed by atoms with van der Waals surface area (Å²) in [4.78, 5) is 11.9. The van der Waals surface area contributed by atoms with Crippen molar-refractivity contribution in [3.8, 4) is 0 Å². The summed E-state index contributed by atoms with van der Waals surface area (Å²) >= 11 is 3.54. The standard InChI is InChI=1S/C22H20BrNO4S/c1-24(29(26,27)18-12-8-11-17(15-18)22(25)28-2)21(16-9-4-3-5-10-16)19-13-6-7-14-20(19)23/h3-15,21H,1-2H3. The molecule has 0 N–H and O–H groups in total. The van der Waals surface area contributed by atoms with Crippen LogP contribution in [0.25, 0.3) is 0 Å². The zero-order chi connectivity index (χ0) is 21.0. The first-order chi connectivity index (χ1) is 13.9. The average molecular weight is 474 g/mol. The van der Waals surface area contributed by atoms with Crippen molar-refractivity contribution in [1.82, 2.24) is 4.31 Å². The highest BCUT2D eigenvalue weighted by Crippen LogP contribution is 2.35. The molecule has 0 saturated heterocycles. The van der Waals surface area contributed by atoms with E-state index in [1.165, 1.54) is 42.7 Å². The number of hydrogen-bond donors (Lipinski definition) is 0. The second-order valence-electron chi connectivity index (χ2n) is 6.38. The van der Waals surface area contributed by atoms with E-state index in [0.717, 1.165) is 15.6 Å². The van der Waals surface area contributed by atoms with Crippen molar-refractivity contribution in [2.24, 2.45) is 0 Å². The van der Waals surface area contributed by atoms with Crippen LogP contribution in [0.1, 0.15) is 27.5 Å². The van der Waals surface area contributed by atoms with Gasteiger partial charge in [0, 0.05) is 11.5 Å². The highest BCUT2D eigenvalue weighted by molar-refractivity contribution is 9.10. The lowest BCUT2D eigenvalue weighted by molar-refractivity contribution is 0.0600. The number of carbonyl (C=O) groups is 1. The Kier molecular flexibility index (Phi) is 6.52. The summed E-state index contributed by atoms with van der Waals surface area (Å²) in [6.07, 6.45) is 0. The lowest BCUT2D eigenvalue weighted by Crippen LogP contribution is -2.32. The van der Waals surface area contributed by atoms with Crippen molar-refractivity contribution in [3.63, 3.8) is 0 Å². The minimum absolute atomic E-state index is 0.0240. The Morgan fingerprint density at radius 2 is 1.62 bits per heavy atom. The van der Waals surface area contributed by atoms with Crippen LogP contribution in [0, 0.1) is 0 Å². The molecule has 0 aromatic heterocycles. The number of ether oxygens (including phenoxy) is 1. The van der Waals surface area contributed by atoms with Gasteiger partial charge in [0.05, 0.1) is 23.6 Å². The van der Waals surface area contributed by atoms with Crippen LogP contribution < -0.4 is 0 Å². The summed E-state index contributed by atoms with van der Waals surface area (Å²) in [5.74, 6) is -0.588. The number of esters is 1. The van der Waals surface area contributed by atoms with Gasteiger partial charge in [0.1, 0.15) is 0 Å². The molecule has 3 aromatic rings. The third kappa shape index (κ3) is 4.42. The summed E-state index contributed by atoms with van der Waals surface area (Å²) < 4.78 is 33.7. The van der Waals surface area contributed by atoms with Crippen LogP contribution in [-0.4, -0.2) is 32.8 Å². The maximum atomic E-state index is 13.5. The molecule has 0 heterocycles. The number of methoxy groups -OCH3 is 1. The molecular weight excluding hydrogens is 454 g/mol. The van der Waals surface area contributed by atoms with Crippen LogP contribution in [0.5, 0.6) is 0 Å². The van der Waals surface area contributed by atoms with Gasteiger partial charge in [-0.25, -0.2) is 13.2 Å². The van der Waals surface area contributed by atoms with E-state index in [-0.39, 0.29) is 10.5 Å². The largest absolute Gasteiger partial charge is 0.465 e. The van der Waals surface area contributed by atoms with E-state index >= 15 is 0 Å². The van der Waals surface area contributed by atoms with Gasteiger partial charge in [-0.05, 0) is 35.4 Å². The molecule has 3 rings (SSSR count). The average Bonchev–Trinajstić information content (AvgIpc) is 2.75. The maximum Gasteiger partial charge on any atom is 0.337 e. The molecule has 5 nitrogen and oxygen atoms in total. The Hall–Kier alpha value is -2.48. The molecule has 0 aliphatic carbocycles. The Bertz CT molecular complexity index is 1120. The summed E-state index contributed by atoms with van der Waals surface area (Å²) in [6, 6.07) is 22.2. The molecule has 1 unspecified atom stereocenters. The van der Waals surface area contributed by atoms with E-state index in [4.69, 9.17) is 4.74 Å². The summed E-state index contributed by atoms with van der Waals surface area (Å²) in [5, 5.41) is 0. The molecule has 7 heteroatoms. The summed E-state index contributed by atoms with van der Waals surface area (Å²) in [6.45, 7) is 0. The van der Waals surface area contributed by atoms with Gasteiger partial charge in [-0.3, -0.25) is 0 Å². The number of halogens is 1. The Morgan fingerprint density at radius 1 is 0.966 bits per heavy atom. The Balaban J connectivity index is 2.12. The third-order valence-electron chi connectivity index (χ3n) is 4.61. The van der Waals surface area contributed by atoms with Gasteiger partial charge in [0.2, 0.25) is 10.0 Å². The van der Waals surface area contributed by atoms with Gasteiger partial charge in [0.15, 0.2) is 0 Å². The van der Waals surface area contributed by atoms with E-state index in [1.54, 1.807) is 0 Å². The van der Waals surface area contributed by atoms with Crippen LogP contribution in [0.2, 0.25) is 0 Å². The molecule has 0 aliphatic heterocycles. The van der Waals surface area contributed by atoms with Crippen LogP contribution in [-0.2, 0) is 14.8 Å². The number of nitrogens with zero attached hydrogens (tertiary/aromatic N) is 1. The van der Waals surface area contributed by atoms with E-state index < -0.39 is 22.0 Å². The van der Waals surface area contributed by atoms with Crippen molar-refractivity contribution in [2.45, 2.75) is 10.9 Å². The van der Waals surface area contributed by atoms with Gasteiger partial charge in [-0.2, -0.15) is 4.31 Å². The number of carbonyl (C=O) groups excluding carboxylic acids is 1. The molecule has 0 aliphatic rings. The topological polar surface area (TPSA) is 63.7 Å². The van der Waals surface area contributed by atoms with E-state index in [2.05, 4.69) is 15.9 Å². The molecule has 0 saturated carbocycles. The van der Waals surface area contributed by atoms with Gasteiger partial charge in [0.25, 0.3) is 0 Å². The molecule has 3 aromatic carbocycles. The SMILES string of the molecule is COC(=O)c1cccc(S(=O)(=O)N(C)C(c2ccccc2)c2ccccc2Br)c1. The van der Waals surface area contributed by atoms with E-state index in [9.17, 15) is 13.2 Å². The lowest BCUT2D eigenvalue weighted by Gasteiger charge is -2.29. The minimum atomic E-state index is -3.91. The fourth-order valence-corrected chi connectivity index (χ4v) is 5.00. The van der Waals surface area contributed by atoms with Crippen LogP contribution in [0.3, 0.4) is 0 Å². The fourth-order valence-electron chi connectivity index (χ4n) is 3.12. The first-order valence-electron chi connectivity index (χ1n) is 8.82. The molecule has 0 bridgehead atoms. The second-order valence-corrected chi connectivity index (χ2v) is 9.23. The monoisotopic (exact) mass is 473 g/mol. The van der Waals surface area contributed by atoms with Gasteiger partial charge >= 0.3 is 5.97 Å². The summed E-state index contributed by atoms with van der Waals surface area (Å²) in [5.41, 5.74) is 1.82. The van der Waals surface area contributed by atoms with Crippen molar-refractivity contribution < 1.29 is 17.9 Å². The second kappa shape index (κ2) is 8.90. The number of hydrogen-bond acceptors (Lipinski definition) is 4. The maximum absolute atomic E-state index is 13.5. The van der Waals surface area contributed by atoms with Gasteiger partial charge in [-0.1, -0.05) is 70.5 Å². The molecule has 0 spiro atoms. The number of benzene rings is 3. The Labute approximate surface area is 179 Å². The number of rotatable bonds is 6. The zero-order valence-electron chi connectivity index (χ0n) is 15.9. The molecular formula is C22H20BrNO4S. The molecule has 29 heavy (non-hydrogen) atoms.